The smallest absolute Gasteiger partial charge is 0.296 e. The van der Waals surface area contributed by atoms with Gasteiger partial charge in [-0.05, 0) is 67.3 Å². The van der Waals surface area contributed by atoms with E-state index in [0.29, 0.717) is 23.5 Å². The van der Waals surface area contributed by atoms with Gasteiger partial charge in [-0.25, -0.2) is 4.68 Å². The molecule has 0 aliphatic rings. The first-order chi connectivity index (χ1) is 20.7. The molecule has 0 aliphatic heterocycles. The van der Waals surface area contributed by atoms with Crippen molar-refractivity contribution in [2.45, 2.75) is 34.1 Å². The number of hydrogen-bond donors (Lipinski definition) is 0. The Morgan fingerprint density at radius 1 is 0.953 bits per heavy atom. The van der Waals surface area contributed by atoms with Gasteiger partial charge in [-0.2, -0.15) is 19.7 Å². The number of aryl methyl sites for hydroxylation is 2. The molecule has 0 saturated heterocycles. The highest BCUT2D eigenvalue weighted by Crippen LogP contribution is 2.29. The maximum Gasteiger partial charge on any atom is 0.296 e. The highest BCUT2D eigenvalue weighted by atomic mass is 32.1. The maximum atomic E-state index is 13.5. The zero-order chi connectivity index (χ0) is 30.1. The van der Waals surface area contributed by atoms with Crippen molar-refractivity contribution in [1.82, 2.24) is 24.4 Å². The monoisotopic (exact) mass is 589 g/mol. The predicted molar refractivity (Wildman–Crippen MR) is 170 cm³/mol. The lowest BCUT2D eigenvalue weighted by molar-refractivity contribution is 0.269. The number of aromatic nitrogens is 5. The first-order valence-electron chi connectivity index (χ1n) is 14.1. The molecule has 6 aromatic rings. The summed E-state index contributed by atoms with van der Waals surface area (Å²) in [5.41, 5.74) is 5.79. The summed E-state index contributed by atoms with van der Waals surface area (Å²) in [5, 5.41) is 9.34. The lowest BCUT2D eigenvalue weighted by Crippen LogP contribution is -2.28. The van der Waals surface area contributed by atoms with Crippen LogP contribution in [0.4, 0.5) is 0 Å². The molecule has 0 atom stereocenters. The summed E-state index contributed by atoms with van der Waals surface area (Å²) in [7, 11) is 0. The molecule has 6 rings (SSSR count). The molecule has 0 fully saturated rings. The average molecular weight is 590 g/mol. The van der Waals surface area contributed by atoms with Crippen molar-refractivity contribution < 1.29 is 4.74 Å². The van der Waals surface area contributed by atoms with Gasteiger partial charge in [-0.1, -0.05) is 73.2 Å². The summed E-state index contributed by atoms with van der Waals surface area (Å²) in [6.07, 6.45) is 4.00. The number of rotatable bonds is 8. The van der Waals surface area contributed by atoms with E-state index < -0.39 is 5.56 Å². The predicted octanol–water partition coefficient (Wildman–Crippen LogP) is 5.15. The third-order valence-corrected chi connectivity index (χ3v) is 7.97. The van der Waals surface area contributed by atoms with Crippen molar-refractivity contribution in [3.8, 4) is 22.7 Å². The van der Waals surface area contributed by atoms with Gasteiger partial charge in [0, 0.05) is 23.7 Å². The second-order valence-corrected chi connectivity index (χ2v) is 12.0. The summed E-state index contributed by atoms with van der Waals surface area (Å²) >= 11 is 1.14. The number of hydrogen-bond acceptors (Lipinski definition) is 7. The summed E-state index contributed by atoms with van der Waals surface area (Å²) in [4.78, 5) is 30.8. The van der Waals surface area contributed by atoms with Gasteiger partial charge in [0.2, 0.25) is 4.96 Å². The van der Waals surface area contributed by atoms with Gasteiger partial charge in [-0.15, -0.1) is 0 Å². The van der Waals surface area contributed by atoms with Gasteiger partial charge in [0.1, 0.15) is 17.1 Å². The van der Waals surface area contributed by atoms with Crippen molar-refractivity contribution in [3.63, 3.8) is 0 Å². The number of nitrogens with zero attached hydrogens (tertiary/aromatic N) is 5. The van der Waals surface area contributed by atoms with E-state index in [-0.39, 0.29) is 16.2 Å². The number of para-hydroxylation sites is 1. The molecule has 0 bridgehead atoms. The van der Waals surface area contributed by atoms with Crippen LogP contribution in [0.15, 0.2) is 88.6 Å². The highest BCUT2D eigenvalue weighted by molar-refractivity contribution is 7.15. The highest BCUT2D eigenvalue weighted by Gasteiger charge is 2.16. The molecule has 0 radical (unpaired) electrons. The minimum Gasteiger partial charge on any atom is -0.493 e. The third kappa shape index (κ3) is 6.03. The lowest BCUT2D eigenvalue weighted by atomic mass is 10.0. The van der Waals surface area contributed by atoms with Crippen molar-refractivity contribution in [1.29, 1.82) is 0 Å². The number of ether oxygens (including phenoxy) is 1. The summed E-state index contributed by atoms with van der Waals surface area (Å²) in [6.45, 7) is 8.89. The lowest BCUT2D eigenvalue weighted by Gasteiger charge is -2.12. The van der Waals surface area contributed by atoms with Crippen LogP contribution >= 0.6 is 11.3 Å². The number of thiazole rings is 1. The molecule has 0 aliphatic carbocycles. The van der Waals surface area contributed by atoms with Crippen molar-refractivity contribution in [2.75, 3.05) is 6.61 Å². The zero-order valence-corrected chi connectivity index (χ0v) is 25.3. The van der Waals surface area contributed by atoms with Crippen molar-refractivity contribution in [2.24, 2.45) is 5.92 Å². The van der Waals surface area contributed by atoms with Crippen LogP contribution in [0, 0.1) is 19.8 Å². The fraction of sp³-hybridized carbons (Fsp3) is 0.206. The SMILES string of the molecule is Cc1ccc(Cc2nn3c(=O)/c(=C/c4cn(-c5ccccc5)nc4-c4ccc(OCC(C)C)c(C)c4)sc3nc2=O)cc1. The molecular formula is C34H31N5O3S. The molecule has 0 saturated carbocycles. The van der Waals surface area contributed by atoms with E-state index in [2.05, 4.69) is 23.9 Å². The van der Waals surface area contributed by atoms with Crippen LogP contribution in [0.5, 0.6) is 5.75 Å². The molecule has 0 unspecified atom stereocenters. The van der Waals surface area contributed by atoms with Crippen LogP contribution < -0.4 is 20.4 Å². The minimum atomic E-state index is -0.429. The van der Waals surface area contributed by atoms with E-state index in [0.717, 1.165) is 56.3 Å². The molecule has 0 N–H and O–H groups in total. The van der Waals surface area contributed by atoms with Crippen molar-refractivity contribution in [3.05, 3.63) is 132 Å². The molecule has 43 heavy (non-hydrogen) atoms. The summed E-state index contributed by atoms with van der Waals surface area (Å²) in [5.74, 6) is 1.25. The minimum absolute atomic E-state index is 0.232. The van der Waals surface area contributed by atoms with E-state index in [4.69, 9.17) is 9.84 Å². The fourth-order valence-corrected chi connectivity index (χ4v) is 5.63. The zero-order valence-electron chi connectivity index (χ0n) is 24.4. The van der Waals surface area contributed by atoms with Crippen LogP contribution in [-0.2, 0) is 6.42 Å². The molecule has 3 aromatic carbocycles. The molecule has 9 heteroatoms. The molecule has 0 amide bonds. The number of fused-ring (bicyclic) bond motifs is 1. The van der Waals surface area contributed by atoms with E-state index in [9.17, 15) is 9.59 Å². The molecule has 3 heterocycles. The topological polar surface area (TPSA) is 91.4 Å². The Morgan fingerprint density at radius 2 is 1.72 bits per heavy atom. The summed E-state index contributed by atoms with van der Waals surface area (Å²) in [6, 6.07) is 23.7. The fourth-order valence-electron chi connectivity index (χ4n) is 4.74. The summed E-state index contributed by atoms with van der Waals surface area (Å²) < 4.78 is 9.43. The van der Waals surface area contributed by atoms with E-state index >= 15 is 0 Å². The molecular weight excluding hydrogens is 558 g/mol. The largest absolute Gasteiger partial charge is 0.493 e. The number of benzene rings is 3. The molecule has 3 aromatic heterocycles. The quantitative estimate of drug-likeness (QED) is 0.244. The second kappa shape index (κ2) is 11.8. The van der Waals surface area contributed by atoms with E-state index in [1.807, 2.05) is 92.8 Å². The van der Waals surface area contributed by atoms with Crippen LogP contribution in [0.3, 0.4) is 0 Å². The van der Waals surface area contributed by atoms with Crippen LogP contribution in [0.2, 0.25) is 0 Å². The van der Waals surface area contributed by atoms with Gasteiger partial charge in [-0.3, -0.25) is 9.59 Å². The van der Waals surface area contributed by atoms with Gasteiger partial charge in [0.05, 0.1) is 16.8 Å². The Hall–Kier alpha value is -4.89. The third-order valence-electron chi connectivity index (χ3n) is 7.01. The van der Waals surface area contributed by atoms with Gasteiger partial charge in [0.25, 0.3) is 11.1 Å². The standard InChI is InChI=1S/C34H31N5O3S/c1-21(2)20-42-29-15-14-25(16-23(29)4)31-26(19-38(37-31)27-8-6-5-7-9-27)18-30-33(41)39-34(43-30)35-32(40)28(36-39)17-24-12-10-22(3)11-13-24/h5-16,18-19,21H,17,20H2,1-4H3/b30-18-. The van der Waals surface area contributed by atoms with Gasteiger partial charge in [0.15, 0.2) is 0 Å². The van der Waals surface area contributed by atoms with Crippen LogP contribution in [0.25, 0.3) is 28.0 Å². The Kier molecular flexibility index (Phi) is 7.73. The first-order valence-corrected chi connectivity index (χ1v) is 15.0. The maximum absolute atomic E-state index is 13.5. The van der Waals surface area contributed by atoms with Crippen LogP contribution in [0.1, 0.15) is 41.8 Å². The second-order valence-electron chi connectivity index (χ2n) is 11.0. The van der Waals surface area contributed by atoms with Gasteiger partial charge >= 0.3 is 0 Å². The van der Waals surface area contributed by atoms with E-state index in [1.54, 1.807) is 10.8 Å². The Balaban J connectivity index is 1.44. The molecule has 8 nitrogen and oxygen atoms in total. The molecule has 216 valence electrons. The normalized spacial score (nSPS) is 12.0. The van der Waals surface area contributed by atoms with Gasteiger partial charge < -0.3 is 4.74 Å². The van der Waals surface area contributed by atoms with Crippen molar-refractivity contribution >= 4 is 22.4 Å². The Labute approximate surface area is 252 Å². The van der Waals surface area contributed by atoms with E-state index in [1.165, 1.54) is 4.52 Å². The first kappa shape index (κ1) is 28.2. The Bertz CT molecular complexity index is 2100. The molecule has 0 spiro atoms. The van der Waals surface area contributed by atoms with Crippen LogP contribution in [-0.4, -0.2) is 31.0 Å². The Morgan fingerprint density at radius 3 is 2.44 bits per heavy atom. The average Bonchev–Trinajstić information content (AvgIpc) is 3.55.